The lowest BCUT2D eigenvalue weighted by atomic mass is 10.4. The summed E-state index contributed by atoms with van der Waals surface area (Å²) in [5.74, 6) is 0. The molecule has 1 saturated heterocycles. The Morgan fingerprint density at radius 3 is 2.50 bits per heavy atom. The quantitative estimate of drug-likeness (QED) is 0.443. The second kappa shape index (κ2) is 3.86. The average molecular weight is 191 g/mol. The molecule has 1 aliphatic rings. The number of piperazine rings is 1. The molecule has 5 nitrogen and oxygen atoms in total. The molecule has 0 atom stereocenters. The maximum Gasteiger partial charge on any atom is 0.251 e. The third kappa shape index (κ3) is 3.68. The van der Waals surface area contributed by atoms with Crippen LogP contribution < -0.4 is 5.32 Å². The highest BCUT2D eigenvalue weighted by atomic mass is 32.2. The number of hydrogen-bond donors (Lipinski definition) is 1. The van der Waals surface area contributed by atoms with Crippen LogP contribution in [0.4, 0.5) is 0 Å². The smallest absolute Gasteiger partial charge is 0.251 e. The molecule has 0 aromatic heterocycles. The zero-order valence-corrected chi connectivity index (χ0v) is 7.84. The van der Waals surface area contributed by atoms with Crippen LogP contribution in [0, 0.1) is 0 Å². The molecule has 12 heavy (non-hydrogen) atoms. The number of rotatable bonds is 2. The summed E-state index contributed by atoms with van der Waals surface area (Å²) < 4.78 is 24.7. The largest absolute Gasteiger partial charge is 0.359 e. The highest BCUT2D eigenvalue weighted by molar-refractivity contribution is 7.89. The topological polar surface area (TPSA) is 61.8 Å². The maximum absolute atomic E-state index is 10.6. The summed E-state index contributed by atoms with van der Waals surface area (Å²) in [5, 5.41) is 3.16. The Kier molecular flexibility index (Phi) is 3.05. The lowest BCUT2D eigenvalue weighted by Crippen LogP contribution is -2.42. The van der Waals surface area contributed by atoms with E-state index in [1.165, 1.54) is 6.34 Å². The minimum absolute atomic E-state index is 0.818. The molecule has 0 aromatic carbocycles. The highest BCUT2D eigenvalue weighted by Crippen LogP contribution is 1.90. The molecule has 1 heterocycles. The van der Waals surface area contributed by atoms with Gasteiger partial charge in [-0.3, -0.25) is 0 Å². The number of hydrogen-bond acceptors (Lipinski definition) is 3. The lowest BCUT2D eigenvalue weighted by Gasteiger charge is -2.24. The molecular formula is C6H13N3O2S. The van der Waals surface area contributed by atoms with Gasteiger partial charge in [-0.25, -0.2) is 8.42 Å². The predicted molar refractivity (Wildman–Crippen MR) is 47.8 cm³/mol. The van der Waals surface area contributed by atoms with Crippen LogP contribution in [-0.2, 0) is 10.0 Å². The van der Waals surface area contributed by atoms with E-state index in [1.54, 1.807) is 0 Å². The summed E-state index contributed by atoms with van der Waals surface area (Å²) in [6.45, 7) is 3.41. The summed E-state index contributed by atoms with van der Waals surface area (Å²) in [5.41, 5.74) is 0. The number of nitrogens with one attached hydrogen (secondary N) is 1. The second-order valence-electron chi connectivity index (χ2n) is 2.74. The van der Waals surface area contributed by atoms with Crippen molar-refractivity contribution in [2.45, 2.75) is 0 Å². The molecule has 1 N–H and O–H groups in total. The minimum atomic E-state index is -3.22. The molecule has 0 aliphatic carbocycles. The van der Waals surface area contributed by atoms with Gasteiger partial charge in [0.1, 0.15) is 6.34 Å². The van der Waals surface area contributed by atoms with Crippen molar-refractivity contribution >= 4 is 16.4 Å². The van der Waals surface area contributed by atoms with E-state index in [-0.39, 0.29) is 0 Å². The van der Waals surface area contributed by atoms with E-state index in [9.17, 15) is 8.42 Å². The van der Waals surface area contributed by atoms with Crippen LogP contribution in [0.3, 0.4) is 0 Å². The SMILES string of the molecule is CS(=O)(=O)/N=C\N1CCNCC1. The molecule has 1 fully saturated rings. The molecule has 0 bridgehead atoms. The van der Waals surface area contributed by atoms with E-state index in [0.29, 0.717) is 0 Å². The van der Waals surface area contributed by atoms with E-state index in [0.717, 1.165) is 32.4 Å². The molecule has 0 spiro atoms. The fourth-order valence-electron chi connectivity index (χ4n) is 0.950. The van der Waals surface area contributed by atoms with Crippen LogP contribution in [0.1, 0.15) is 0 Å². The van der Waals surface area contributed by atoms with Crippen LogP contribution in [0.25, 0.3) is 0 Å². The lowest BCUT2D eigenvalue weighted by molar-refractivity contribution is 0.366. The Morgan fingerprint density at radius 1 is 1.42 bits per heavy atom. The third-order valence-corrected chi connectivity index (χ3v) is 2.03. The average Bonchev–Trinajstić information content (AvgIpc) is 2.02. The van der Waals surface area contributed by atoms with Gasteiger partial charge in [0.2, 0.25) is 0 Å². The normalized spacial score (nSPS) is 20.2. The number of sulfonamides is 1. The van der Waals surface area contributed by atoms with Crippen molar-refractivity contribution in [1.82, 2.24) is 10.2 Å². The first-order valence-electron chi connectivity index (χ1n) is 3.78. The van der Waals surface area contributed by atoms with Crippen molar-refractivity contribution in [2.24, 2.45) is 4.40 Å². The molecule has 6 heteroatoms. The van der Waals surface area contributed by atoms with Crippen molar-refractivity contribution in [3.63, 3.8) is 0 Å². The Hall–Kier alpha value is -0.620. The molecule has 1 rings (SSSR count). The minimum Gasteiger partial charge on any atom is -0.359 e. The van der Waals surface area contributed by atoms with Crippen molar-refractivity contribution in [3.05, 3.63) is 0 Å². The zero-order chi connectivity index (χ0) is 9.03. The van der Waals surface area contributed by atoms with Gasteiger partial charge in [-0.2, -0.15) is 4.40 Å². The molecule has 0 amide bonds. The van der Waals surface area contributed by atoms with Gasteiger partial charge in [-0.1, -0.05) is 0 Å². The van der Waals surface area contributed by atoms with E-state index in [2.05, 4.69) is 9.71 Å². The Balaban J connectivity index is 2.44. The first kappa shape index (κ1) is 9.47. The summed E-state index contributed by atoms with van der Waals surface area (Å²) in [7, 11) is -3.22. The van der Waals surface area contributed by atoms with Gasteiger partial charge >= 0.3 is 0 Å². The number of nitrogens with zero attached hydrogens (tertiary/aromatic N) is 2. The zero-order valence-electron chi connectivity index (χ0n) is 7.02. The summed E-state index contributed by atoms with van der Waals surface area (Å²) in [4.78, 5) is 1.89. The molecule has 0 saturated carbocycles. The van der Waals surface area contributed by atoms with Crippen molar-refractivity contribution in [1.29, 1.82) is 0 Å². The molecular weight excluding hydrogens is 178 g/mol. The van der Waals surface area contributed by atoms with Gasteiger partial charge < -0.3 is 10.2 Å². The summed E-state index contributed by atoms with van der Waals surface area (Å²) in [6, 6.07) is 0. The van der Waals surface area contributed by atoms with Gasteiger partial charge in [0.25, 0.3) is 10.0 Å². The van der Waals surface area contributed by atoms with Gasteiger partial charge in [0.05, 0.1) is 6.26 Å². The van der Waals surface area contributed by atoms with Gasteiger partial charge in [0.15, 0.2) is 0 Å². The van der Waals surface area contributed by atoms with E-state index in [1.807, 2.05) is 4.90 Å². The molecule has 1 aliphatic heterocycles. The van der Waals surface area contributed by atoms with Crippen LogP contribution >= 0.6 is 0 Å². The fourth-order valence-corrected chi connectivity index (χ4v) is 1.25. The second-order valence-corrected chi connectivity index (χ2v) is 4.42. The van der Waals surface area contributed by atoms with Crippen molar-refractivity contribution < 1.29 is 8.42 Å². The maximum atomic E-state index is 10.6. The van der Waals surface area contributed by atoms with E-state index >= 15 is 0 Å². The first-order valence-corrected chi connectivity index (χ1v) is 5.63. The predicted octanol–water partition coefficient (Wildman–Crippen LogP) is -1.12. The highest BCUT2D eigenvalue weighted by Gasteiger charge is 2.05. The van der Waals surface area contributed by atoms with Crippen molar-refractivity contribution in [2.75, 3.05) is 32.4 Å². The van der Waals surface area contributed by atoms with Crippen LogP contribution in [0.2, 0.25) is 0 Å². The van der Waals surface area contributed by atoms with Crippen LogP contribution in [0.15, 0.2) is 4.40 Å². The van der Waals surface area contributed by atoms with Gasteiger partial charge in [0, 0.05) is 26.2 Å². The standard InChI is InChI=1S/C6H13N3O2S/c1-12(10,11)8-6-9-4-2-7-3-5-9/h6-7H,2-5H2,1H3/b8-6-. The summed E-state index contributed by atoms with van der Waals surface area (Å²) in [6.07, 6.45) is 2.49. The Morgan fingerprint density at radius 2 is 2.00 bits per heavy atom. The molecule has 70 valence electrons. The fraction of sp³-hybridized carbons (Fsp3) is 0.833. The van der Waals surface area contributed by atoms with Gasteiger partial charge in [-0.05, 0) is 0 Å². The Labute approximate surface area is 72.5 Å². The molecule has 0 unspecified atom stereocenters. The van der Waals surface area contributed by atoms with Gasteiger partial charge in [-0.15, -0.1) is 0 Å². The summed E-state index contributed by atoms with van der Waals surface area (Å²) >= 11 is 0. The first-order chi connectivity index (χ1) is 5.58. The molecule has 0 aromatic rings. The van der Waals surface area contributed by atoms with E-state index in [4.69, 9.17) is 0 Å². The van der Waals surface area contributed by atoms with E-state index < -0.39 is 10.0 Å². The van der Waals surface area contributed by atoms with Crippen molar-refractivity contribution in [3.8, 4) is 0 Å². The monoisotopic (exact) mass is 191 g/mol. The van der Waals surface area contributed by atoms with Crippen LogP contribution in [0.5, 0.6) is 0 Å². The Bertz CT molecular complexity index is 254. The molecule has 0 radical (unpaired) electrons. The van der Waals surface area contributed by atoms with Crippen LogP contribution in [-0.4, -0.2) is 52.1 Å². The third-order valence-electron chi connectivity index (χ3n) is 1.55.